The molecule has 1 aliphatic rings. The number of allylic oxidation sites excluding steroid dienone is 3. The van der Waals surface area contributed by atoms with Gasteiger partial charge in [-0.15, -0.1) is 11.8 Å². The van der Waals surface area contributed by atoms with Gasteiger partial charge in [0.05, 0.1) is 0 Å². The van der Waals surface area contributed by atoms with Crippen LogP contribution in [0.15, 0.2) is 23.1 Å². The summed E-state index contributed by atoms with van der Waals surface area (Å²) in [5, 5.41) is 0. The van der Waals surface area contributed by atoms with Gasteiger partial charge >= 0.3 is 0 Å². The lowest BCUT2D eigenvalue weighted by atomic mass is 10.0. The Labute approximate surface area is 61.0 Å². The van der Waals surface area contributed by atoms with Crippen molar-refractivity contribution in [3.8, 4) is 0 Å². The lowest BCUT2D eigenvalue weighted by Crippen LogP contribution is -1.91. The number of hydrogen-bond acceptors (Lipinski definition) is 1. The summed E-state index contributed by atoms with van der Waals surface area (Å²) in [6.45, 7) is 2.24. The van der Waals surface area contributed by atoms with Gasteiger partial charge in [-0.1, -0.05) is 25.2 Å². The smallest absolute Gasteiger partial charge is 0.00263 e. The van der Waals surface area contributed by atoms with E-state index in [4.69, 9.17) is 0 Å². The maximum Gasteiger partial charge on any atom is 0.00263 e. The molecule has 0 radical (unpaired) electrons. The quantitative estimate of drug-likeness (QED) is 0.539. The highest BCUT2D eigenvalue weighted by Gasteiger charge is 2.00. The lowest BCUT2D eigenvalue weighted by molar-refractivity contribution is 0.735. The second-order valence-corrected chi connectivity index (χ2v) is 3.26. The fourth-order valence-electron chi connectivity index (χ4n) is 0.859. The third kappa shape index (κ3) is 1.90. The zero-order valence-corrected chi connectivity index (χ0v) is 6.74. The van der Waals surface area contributed by atoms with Gasteiger partial charge in [0.15, 0.2) is 0 Å². The molecule has 0 saturated carbocycles. The maximum atomic E-state index is 2.30. The third-order valence-corrected chi connectivity index (χ3v) is 2.29. The number of rotatable bonds is 1. The second kappa shape index (κ2) is 3.11. The Balaban J connectivity index is 2.52. The van der Waals surface area contributed by atoms with Crippen LogP contribution in [0.1, 0.15) is 13.3 Å². The molecular weight excluding hydrogens is 128 g/mol. The predicted molar refractivity (Wildman–Crippen MR) is 44.5 cm³/mol. The van der Waals surface area contributed by atoms with E-state index in [1.165, 1.54) is 11.3 Å². The minimum Gasteiger partial charge on any atom is -0.130 e. The van der Waals surface area contributed by atoms with Gasteiger partial charge in [0.2, 0.25) is 0 Å². The van der Waals surface area contributed by atoms with E-state index in [1.807, 2.05) is 11.8 Å². The molecule has 1 heteroatoms. The van der Waals surface area contributed by atoms with Crippen molar-refractivity contribution >= 4 is 11.8 Å². The summed E-state index contributed by atoms with van der Waals surface area (Å²) in [4.78, 5) is 1.41. The Bertz CT molecular complexity index is 145. The van der Waals surface area contributed by atoms with Crippen molar-refractivity contribution in [2.24, 2.45) is 5.92 Å². The molecule has 0 aromatic rings. The molecule has 1 rings (SSSR count). The van der Waals surface area contributed by atoms with Crippen molar-refractivity contribution in [3.05, 3.63) is 23.1 Å². The van der Waals surface area contributed by atoms with Crippen LogP contribution in [-0.4, -0.2) is 6.26 Å². The van der Waals surface area contributed by atoms with Crippen molar-refractivity contribution in [1.29, 1.82) is 0 Å². The van der Waals surface area contributed by atoms with Gasteiger partial charge in [0.1, 0.15) is 0 Å². The van der Waals surface area contributed by atoms with Gasteiger partial charge in [-0.2, -0.15) is 0 Å². The molecule has 0 bridgehead atoms. The second-order valence-electron chi connectivity index (χ2n) is 2.38. The zero-order valence-electron chi connectivity index (χ0n) is 5.92. The van der Waals surface area contributed by atoms with Gasteiger partial charge in [0, 0.05) is 4.91 Å². The average molecular weight is 140 g/mol. The normalized spacial score (nSPS) is 26.0. The molecule has 0 saturated heterocycles. The first-order valence-corrected chi connectivity index (χ1v) is 4.47. The SMILES string of the molecule is CSC1=CCC(C)C=C1. The van der Waals surface area contributed by atoms with E-state index in [0.717, 1.165) is 5.92 Å². The summed E-state index contributed by atoms with van der Waals surface area (Å²) in [6.07, 6.45) is 10.1. The van der Waals surface area contributed by atoms with Gasteiger partial charge in [0.25, 0.3) is 0 Å². The molecule has 9 heavy (non-hydrogen) atoms. The topological polar surface area (TPSA) is 0 Å². The summed E-state index contributed by atoms with van der Waals surface area (Å²) in [7, 11) is 0. The molecule has 0 fully saturated rings. The minimum absolute atomic E-state index is 0.751. The Morgan fingerprint density at radius 1 is 1.67 bits per heavy atom. The Morgan fingerprint density at radius 2 is 2.44 bits per heavy atom. The van der Waals surface area contributed by atoms with Crippen molar-refractivity contribution in [1.82, 2.24) is 0 Å². The van der Waals surface area contributed by atoms with Gasteiger partial charge in [-0.25, -0.2) is 0 Å². The highest BCUT2D eigenvalue weighted by molar-refractivity contribution is 8.02. The van der Waals surface area contributed by atoms with Crippen LogP contribution in [0.4, 0.5) is 0 Å². The molecule has 1 aliphatic carbocycles. The van der Waals surface area contributed by atoms with Crippen LogP contribution in [0.5, 0.6) is 0 Å². The molecule has 1 unspecified atom stereocenters. The standard InChI is InChI=1S/C8H12S/c1-7-3-5-8(9-2)6-4-7/h3,5-7H,4H2,1-2H3. The van der Waals surface area contributed by atoms with E-state index >= 15 is 0 Å². The van der Waals surface area contributed by atoms with Gasteiger partial charge < -0.3 is 0 Å². The molecule has 0 N–H and O–H groups in total. The monoisotopic (exact) mass is 140 g/mol. The van der Waals surface area contributed by atoms with Crippen LogP contribution in [-0.2, 0) is 0 Å². The summed E-state index contributed by atoms with van der Waals surface area (Å²) < 4.78 is 0. The molecule has 0 aliphatic heterocycles. The maximum absolute atomic E-state index is 2.30. The van der Waals surface area contributed by atoms with E-state index in [2.05, 4.69) is 31.4 Å². The fraction of sp³-hybridized carbons (Fsp3) is 0.500. The van der Waals surface area contributed by atoms with Crippen molar-refractivity contribution in [2.75, 3.05) is 6.26 Å². The zero-order chi connectivity index (χ0) is 6.69. The van der Waals surface area contributed by atoms with E-state index in [1.54, 1.807) is 0 Å². The molecule has 0 aromatic heterocycles. The Morgan fingerprint density at radius 3 is 2.89 bits per heavy atom. The summed E-state index contributed by atoms with van der Waals surface area (Å²) in [6, 6.07) is 0. The minimum atomic E-state index is 0.751. The van der Waals surface area contributed by atoms with Crippen molar-refractivity contribution < 1.29 is 0 Å². The first-order chi connectivity index (χ1) is 4.33. The van der Waals surface area contributed by atoms with Crippen LogP contribution in [0, 0.1) is 5.92 Å². The summed E-state index contributed by atoms with van der Waals surface area (Å²) >= 11 is 1.82. The molecule has 0 spiro atoms. The van der Waals surface area contributed by atoms with Crippen LogP contribution >= 0.6 is 11.8 Å². The summed E-state index contributed by atoms with van der Waals surface area (Å²) in [5.74, 6) is 0.751. The number of thioether (sulfide) groups is 1. The Hall–Kier alpha value is -0.170. The van der Waals surface area contributed by atoms with Crippen LogP contribution in [0.25, 0.3) is 0 Å². The average Bonchev–Trinajstić information content (AvgIpc) is 1.90. The van der Waals surface area contributed by atoms with E-state index in [0.29, 0.717) is 0 Å². The summed E-state index contributed by atoms with van der Waals surface area (Å²) in [5.41, 5.74) is 0. The third-order valence-electron chi connectivity index (χ3n) is 1.52. The van der Waals surface area contributed by atoms with E-state index in [9.17, 15) is 0 Å². The van der Waals surface area contributed by atoms with Crippen LogP contribution < -0.4 is 0 Å². The molecular formula is C8H12S. The van der Waals surface area contributed by atoms with Crippen LogP contribution in [0.3, 0.4) is 0 Å². The largest absolute Gasteiger partial charge is 0.130 e. The highest BCUT2D eigenvalue weighted by atomic mass is 32.2. The first-order valence-electron chi connectivity index (χ1n) is 3.25. The van der Waals surface area contributed by atoms with Gasteiger partial charge in [-0.3, -0.25) is 0 Å². The molecule has 0 aromatic carbocycles. The van der Waals surface area contributed by atoms with Gasteiger partial charge in [-0.05, 0) is 18.6 Å². The van der Waals surface area contributed by atoms with Crippen molar-refractivity contribution in [3.63, 3.8) is 0 Å². The van der Waals surface area contributed by atoms with Crippen LogP contribution in [0.2, 0.25) is 0 Å². The fourth-order valence-corrected chi connectivity index (χ4v) is 1.34. The predicted octanol–water partition coefficient (Wildman–Crippen LogP) is 2.83. The van der Waals surface area contributed by atoms with E-state index in [-0.39, 0.29) is 0 Å². The van der Waals surface area contributed by atoms with Crippen molar-refractivity contribution in [2.45, 2.75) is 13.3 Å². The van der Waals surface area contributed by atoms with E-state index < -0.39 is 0 Å². The molecule has 0 heterocycles. The highest BCUT2D eigenvalue weighted by Crippen LogP contribution is 2.21. The molecule has 50 valence electrons. The molecule has 1 atom stereocenters. The first kappa shape index (κ1) is 6.94. The lowest BCUT2D eigenvalue weighted by Gasteiger charge is -2.08. The Kier molecular flexibility index (Phi) is 2.40. The molecule has 0 nitrogen and oxygen atoms in total. The molecule has 0 amide bonds. The number of hydrogen-bond donors (Lipinski definition) is 0.